The van der Waals surface area contributed by atoms with Crippen LogP contribution in [0.25, 0.3) is 0 Å². The molecule has 7 heteroatoms. The molecule has 0 aromatic carbocycles. The lowest BCUT2D eigenvalue weighted by atomic mass is 10.3. The Morgan fingerprint density at radius 2 is 2.47 bits per heavy atom. The van der Waals surface area contributed by atoms with Gasteiger partial charge in [0.25, 0.3) is 0 Å². The first-order chi connectivity index (χ1) is 7.15. The molecule has 1 aliphatic heterocycles. The van der Waals surface area contributed by atoms with E-state index < -0.39 is 0 Å². The van der Waals surface area contributed by atoms with Crippen molar-refractivity contribution in [3.63, 3.8) is 0 Å². The minimum absolute atomic E-state index is 0.0152. The van der Waals surface area contributed by atoms with Gasteiger partial charge in [-0.15, -0.1) is 5.10 Å². The second kappa shape index (κ2) is 3.85. The molecule has 1 fully saturated rings. The lowest BCUT2D eigenvalue weighted by Gasteiger charge is -2.14. The van der Waals surface area contributed by atoms with E-state index in [1.807, 2.05) is 0 Å². The Hall–Kier alpha value is -1.63. The molecular weight excluding hydrogens is 196 g/mol. The molecule has 0 bridgehead atoms. The lowest BCUT2D eigenvalue weighted by Crippen LogP contribution is -2.34. The summed E-state index contributed by atoms with van der Waals surface area (Å²) in [7, 11) is 0. The van der Waals surface area contributed by atoms with E-state index in [4.69, 9.17) is 11.5 Å². The number of carbonyl (C=O) groups is 1. The first-order valence-corrected chi connectivity index (χ1v) is 4.84. The maximum Gasteiger partial charge on any atom is 0.246 e. The zero-order valence-corrected chi connectivity index (χ0v) is 8.33. The number of nitrogens with two attached hydrogens (primary N) is 2. The molecule has 0 radical (unpaired) electrons. The summed E-state index contributed by atoms with van der Waals surface area (Å²) in [5.74, 6) is 0.305. The molecule has 1 amide bonds. The maximum absolute atomic E-state index is 11.7. The van der Waals surface area contributed by atoms with E-state index in [-0.39, 0.29) is 18.5 Å². The number of amides is 1. The van der Waals surface area contributed by atoms with Crippen LogP contribution in [-0.2, 0) is 11.3 Å². The Labute approximate surface area is 87.0 Å². The third-order valence-electron chi connectivity index (χ3n) is 2.41. The van der Waals surface area contributed by atoms with Crippen molar-refractivity contribution in [1.82, 2.24) is 19.9 Å². The standard InChI is InChI=1S/C8H14N6O/c9-6-1-2-13(4-6)8(15)5-14-11-3-7(10)12-14/h3,6H,1-2,4-5,9H2,(H2,10,12). The van der Waals surface area contributed by atoms with Crippen LogP contribution in [0, 0.1) is 0 Å². The molecule has 7 nitrogen and oxygen atoms in total. The zero-order valence-electron chi connectivity index (χ0n) is 8.33. The largest absolute Gasteiger partial charge is 0.381 e. The van der Waals surface area contributed by atoms with Crippen LogP contribution in [0.2, 0.25) is 0 Å². The lowest BCUT2D eigenvalue weighted by molar-refractivity contribution is -0.131. The number of aromatic nitrogens is 3. The normalized spacial score (nSPS) is 20.9. The number of rotatable bonds is 2. The van der Waals surface area contributed by atoms with E-state index in [0.717, 1.165) is 13.0 Å². The van der Waals surface area contributed by atoms with Crippen LogP contribution in [0.4, 0.5) is 5.82 Å². The highest BCUT2D eigenvalue weighted by molar-refractivity contribution is 5.76. The molecule has 0 aliphatic carbocycles. The fraction of sp³-hybridized carbons (Fsp3) is 0.625. The van der Waals surface area contributed by atoms with Gasteiger partial charge in [0.1, 0.15) is 6.54 Å². The van der Waals surface area contributed by atoms with Gasteiger partial charge in [-0.05, 0) is 6.42 Å². The molecule has 0 saturated carbocycles. The van der Waals surface area contributed by atoms with Gasteiger partial charge in [0, 0.05) is 19.1 Å². The minimum atomic E-state index is -0.0152. The van der Waals surface area contributed by atoms with Crippen molar-refractivity contribution < 1.29 is 4.79 Å². The van der Waals surface area contributed by atoms with Crippen LogP contribution >= 0.6 is 0 Å². The second-order valence-corrected chi connectivity index (χ2v) is 3.69. The van der Waals surface area contributed by atoms with E-state index >= 15 is 0 Å². The third-order valence-corrected chi connectivity index (χ3v) is 2.41. The van der Waals surface area contributed by atoms with Gasteiger partial charge in [-0.3, -0.25) is 4.79 Å². The van der Waals surface area contributed by atoms with Crippen molar-refractivity contribution in [2.24, 2.45) is 5.73 Å². The Kier molecular flexibility index (Phi) is 2.55. The number of nitrogens with zero attached hydrogens (tertiary/aromatic N) is 4. The first kappa shape index (κ1) is 9.91. The summed E-state index contributed by atoms with van der Waals surface area (Å²) < 4.78 is 0. The number of hydrogen-bond acceptors (Lipinski definition) is 5. The van der Waals surface area contributed by atoms with Crippen molar-refractivity contribution in [3.8, 4) is 0 Å². The van der Waals surface area contributed by atoms with Gasteiger partial charge in [-0.2, -0.15) is 9.90 Å². The zero-order chi connectivity index (χ0) is 10.8. The molecule has 1 aromatic heterocycles. The summed E-state index contributed by atoms with van der Waals surface area (Å²) in [6.07, 6.45) is 2.28. The van der Waals surface area contributed by atoms with Crippen molar-refractivity contribution in [2.75, 3.05) is 18.8 Å². The van der Waals surface area contributed by atoms with Crippen molar-refractivity contribution >= 4 is 11.7 Å². The monoisotopic (exact) mass is 210 g/mol. The SMILES string of the molecule is Nc1cnn(CC(=O)N2CCC(N)C2)n1. The average Bonchev–Trinajstić information content (AvgIpc) is 2.75. The van der Waals surface area contributed by atoms with Crippen LogP contribution in [0.3, 0.4) is 0 Å². The van der Waals surface area contributed by atoms with Crippen LogP contribution < -0.4 is 11.5 Å². The predicted octanol–water partition coefficient (Wildman–Crippen LogP) is -1.58. The molecule has 15 heavy (non-hydrogen) atoms. The highest BCUT2D eigenvalue weighted by Crippen LogP contribution is 2.07. The minimum Gasteiger partial charge on any atom is -0.381 e. The van der Waals surface area contributed by atoms with E-state index in [0.29, 0.717) is 12.4 Å². The Bertz CT molecular complexity index is 362. The van der Waals surface area contributed by atoms with Gasteiger partial charge in [0.15, 0.2) is 5.82 Å². The number of nitrogen functional groups attached to an aromatic ring is 1. The molecule has 2 heterocycles. The average molecular weight is 210 g/mol. The Morgan fingerprint density at radius 1 is 1.67 bits per heavy atom. The number of carbonyl (C=O) groups excluding carboxylic acids is 1. The summed E-state index contributed by atoms with van der Waals surface area (Å²) >= 11 is 0. The summed E-state index contributed by atoms with van der Waals surface area (Å²) in [6, 6.07) is 0.101. The second-order valence-electron chi connectivity index (χ2n) is 3.69. The predicted molar refractivity (Wildman–Crippen MR) is 53.6 cm³/mol. The maximum atomic E-state index is 11.7. The first-order valence-electron chi connectivity index (χ1n) is 4.84. The highest BCUT2D eigenvalue weighted by atomic mass is 16.2. The van der Waals surface area contributed by atoms with Gasteiger partial charge in [-0.25, -0.2) is 0 Å². The number of hydrogen-bond donors (Lipinski definition) is 2. The molecule has 82 valence electrons. The highest BCUT2D eigenvalue weighted by Gasteiger charge is 2.23. The van der Waals surface area contributed by atoms with Gasteiger partial charge >= 0.3 is 0 Å². The van der Waals surface area contributed by atoms with Crippen LogP contribution in [0.5, 0.6) is 0 Å². The fourth-order valence-corrected chi connectivity index (χ4v) is 1.62. The molecule has 0 spiro atoms. The van der Waals surface area contributed by atoms with Crippen molar-refractivity contribution in [2.45, 2.75) is 19.0 Å². The van der Waals surface area contributed by atoms with Gasteiger partial charge in [0.2, 0.25) is 5.91 Å². The van der Waals surface area contributed by atoms with Gasteiger partial charge < -0.3 is 16.4 Å². The molecule has 1 saturated heterocycles. The summed E-state index contributed by atoms with van der Waals surface area (Å²) in [5.41, 5.74) is 11.1. The summed E-state index contributed by atoms with van der Waals surface area (Å²) in [5, 5.41) is 7.69. The molecule has 1 aromatic rings. The number of likely N-dealkylation sites (tertiary alicyclic amines) is 1. The van der Waals surface area contributed by atoms with Crippen molar-refractivity contribution in [1.29, 1.82) is 0 Å². The van der Waals surface area contributed by atoms with Crippen molar-refractivity contribution in [3.05, 3.63) is 6.20 Å². The topological polar surface area (TPSA) is 103 Å². The molecule has 1 aliphatic rings. The van der Waals surface area contributed by atoms with Crippen LogP contribution in [0.15, 0.2) is 6.20 Å². The van der Waals surface area contributed by atoms with Gasteiger partial charge in [-0.1, -0.05) is 0 Å². The smallest absolute Gasteiger partial charge is 0.246 e. The molecular formula is C8H14N6O. The third kappa shape index (κ3) is 2.24. The van der Waals surface area contributed by atoms with Crippen LogP contribution in [0.1, 0.15) is 6.42 Å². The summed E-state index contributed by atoms with van der Waals surface area (Å²) in [4.78, 5) is 14.7. The van der Waals surface area contributed by atoms with Crippen LogP contribution in [-0.4, -0.2) is 44.9 Å². The van der Waals surface area contributed by atoms with E-state index in [1.165, 1.54) is 11.0 Å². The molecule has 2 rings (SSSR count). The fourth-order valence-electron chi connectivity index (χ4n) is 1.62. The number of anilines is 1. The molecule has 4 N–H and O–H groups in total. The van der Waals surface area contributed by atoms with E-state index in [9.17, 15) is 4.79 Å². The van der Waals surface area contributed by atoms with Gasteiger partial charge in [0.05, 0.1) is 6.20 Å². The Balaban J connectivity index is 1.92. The van der Waals surface area contributed by atoms with E-state index in [1.54, 1.807) is 4.90 Å². The van der Waals surface area contributed by atoms with E-state index in [2.05, 4.69) is 10.2 Å². The molecule has 1 unspecified atom stereocenters. The summed E-state index contributed by atoms with van der Waals surface area (Å²) in [6.45, 7) is 1.47. The Morgan fingerprint density at radius 3 is 3.00 bits per heavy atom. The molecule has 1 atom stereocenters. The quantitative estimate of drug-likeness (QED) is 0.613.